The van der Waals surface area contributed by atoms with Gasteiger partial charge in [-0.05, 0) is 25.0 Å². The van der Waals surface area contributed by atoms with Crippen LogP contribution in [0.15, 0.2) is 24.3 Å². The Morgan fingerprint density at radius 2 is 1.81 bits per heavy atom. The first-order valence-electron chi connectivity index (χ1n) is 5.89. The van der Waals surface area contributed by atoms with E-state index in [-0.39, 0.29) is 11.8 Å². The maximum Gasteiger partial charge on any atom is 0.227 e. The Balaban J connectivity index is 2.05. The molecule has 0 radical (unpaired) electrons. The molecule has 0 spiro atoms. The number of amides is 1. The molecular weight excluding hydrogens is 200 g/mol. The van der Waals surface area contributed by atoms with Gasteiger partial charge in [-0.15, -0.1) is 0 Å². The smallest absolute Gasteiger partial charge is 0.227 e. The van der Waals surface area contributed by atoms with E-state index in [4.69, 9.17) is 0 Å². The second kappa shape index (κ2) is 5.01. The fraction of sp³-hybridized carbons (Fsp3) is 0.462. The van der Waals surface area contributed by atoms with Crippen molar-refractivity contribution in [3.8, 4) is 0 Å². The van der Waals surface area contributed by atoms with Crippen molar-refractivity contribution >= 4 is 17.3 Å². The Hall–Kier alpha value is -1.51. The predicted molar refractivity (Wildman–Crippen MR) is 66.6 cm³/mol. The number of hydrogen-bond donors (Lipinski definition) is 2. The number of anilines is 2. The number of benzene rings is 1. The first-order valence-corrected chi connectivity index (χ1v) is 5.89. The molecule has 0 bridgehead atoms. The summed E-state index contributed by atoms with van der Waals surface area (Å²) in [5.74, 6) is 0.380. The summed E-state index contributed by atoms with van der Waals surface area (Å²) in [6.45, 7) is 0. The molecule has 2 rings (SSSR count). The lowest BCUT2D eigenvalue weighted by atomic mass is 10.1. The number of carbonyl (C=O) groups is 1. The molecule has 1 aromatic rings. The molecule has 16 heavy (non-hydrogen) atoms. The topological polar surface area (TPSA) is 41.1 Å². The zero-order valence-corrected chi connectivity index (χ0v) is 9.62. The van der Waals surface area contributed by atoms with Crippen LogP contribution in [0.4, 0.5) is 11.4 Å². The lowest BCUT2D eigenvalue weighted by Crippen LogP contribution is -2.20. The third-order valence-electron chi connectivity index (χ3n) is 3.18. The van der Waals surface area contributed by atoms with Gasteiger partial charge in [-0.25, -0.2) is 0 Å². The summed E-state index contributed by atoms with van der Waals surface area (Å²) in [7, 11) is 1.86. The molecule has 1 aromatic carbocycles. The van der Waals surface area contributed by atoms with E-state index < -0.39 is 0 Å². The standard InChI is InChI=1S/C13H18N2O/c1-14-11-8-4-5-9-12(11)15-13(16)10-6-2-3-7-10/h4-5,8-10,14H,2-3,6-7H2,1H3,(H,15,16). The molecule has 86 valence electrons. The van der Waals surface area contributed by atoms with Crippen LogP contribution < -0.4 is 10.6 Å². The van der Waals surface area contributed by atoms with Crippen LogP contribution in [0.1, 0.15) is 25.7 Å². The third-order valence-corrected chi connectivity index (χ3v) is 3.18. The van der Waals surface area contributed by atoms with E-state index in [1.54, 1.807) is 0 Å². The van der Waals surface area contributed by atoms with Gasteiger partial charge >= 0.3 is 0 Å². The molecule has 0 heterocycles. The van der Waals surface area contributed by atoms with Gasteiger partial charge in [-0.1, -0.05) is 25.0 Å². The van der Waals surface area contributed by atoms with Crippen molar-refractivity contribution in [1.82, 2.24) is 0 Å². The molecule has 3 heteroatoms. The molecule has 1 aliphatic carbocycles. The van der Waals surface area contributed by atoms with Crippen LogP contribution in [0.5, 0.6) is 0 Å². The maximum absolute atomic E-state index is 11.9. The van der Waals surface area contributed by atoms with E-state index >= 15 is 0 Å². The molecular formula is C13H18N2O. The van der Waals surface area contributed by atoms with Crippen molar-refractivity contribution in [3.05, 3.63) is 24.3 Å². The highest BCUT2D eigenvalue weighted by Crippen LogP contribution is 2.27. The van der Waals surface area contributed by atoms with Crippen LogP contribution in [0.2, 0.25) is 0 Å². The zero-order chi connectivity index (χ0) is 11.4. The van der Waals surface area contributed by atoms with Gasteiger partial charge in [-0.2, -0.15) is 0 Å². The van der Waals surface area contributed by atoms with E-state index in [1.165, 1.54) is 12.8 Å². The van der Waals surface area contributed by atoms with Gasteiger partial charge in [0.05, 0.1) is 11.4 Å². The average Bonchev–Trinajstić information content (AvgIpc) is 2.83. The Morgan fingerprint density at radius 1 is 1.19 bits per heavy atom. The summed E-state index contributed by atoms with van der Waals surface area (Å²) in [4.78, 5) is 11.9. The van der Waals surface area contributed by atoms with Crippen molar-refractivity contribution < 1.29 is 4.79 Å². The average molecular weight is 218 g/mol. The normalized spacial score (nSPS) is 16.1. The molecule has 1 fully saturated rings. The number of hydrogen-bond acceptors (Lipinski definition) is 2. The van der Waals surface area contributed by atoms with E-state index in [0.717, 1.165) is 24.2 Å². The van der Waals surface area contributed by atoms with Gasteiger partial charge in [0, 0.05) is 13.0 Å². The largest absolute Gasteiger partial charge is 0.386 e. The van der Waals surface area contributed by atoms with Crippen molar-refractivity contribution in [3.63, 3.8) is 0 Å². The molecule has 1 aliphatic rings. The molecule has 1 amide bonds. The van der Waals surface area contributed by atoms with Gasteiger partial charge < -0.3 is 10.6 Å². The summed E-state index contributed by atoms with van der Waals surface area (Å²) in [5, 5.41) is 6.08. The Bertz CT molecular complexity index is 370. The molecule has 0 aromatic heterocycles. The van der Waals surface area contributed by atoms with Crippen LogP contribution in [-0.2, 0) is 4.79 Å². The summed E-state index contributed by atoms with van der Waals surface area (Å²) >= 11 is 0. The van der Waals surface area contributed by atoms with Crippen molar-refractivity contribution in [2.24, 2.45) is 5.92 Å². The van der Waals surface area contributed by atoms with Gasteiger partial charge in [0.15, 0.2) is 0 Å². The van der Waals surface area contributed by atoms with Crippen molar-refractivity contribution in [2.75, 3.05) is 17.7 Å². The maximum atomic E-state index is 11.9. The van der Waals surface area contributed by atoms with E-state index in [2.05, 4.69) is 10.6 Å². The highest BCUT2D eigenvalue weighted by Gasteiger charge is 2.22. The second-order valence-corrected chi connectivity index (χ2v) is 4.27. The van der Waals surface area contributed by atoms with E-state index in [0.29, 0.717) is 0 Å². The van der Waals surface area contributed by atoms with Crippen LogP contribution in [0.3, 0.4) is 0 Å². The predicted octanol–water partition coefficient (Wildman–Crippen LogP) is 2.86. The molecule has 0 saturated heterocycles. The third kappa shape index (κ3) is 2.35. The van der Waals surface area contributed by atoms with Gasteiger partial charge in [0.25, 0.3) is 0 Å². The van der Waals surface area contributed by atoms with Crippen LogP contribution >= 0.6 is 0 Å². The minimum atomic E-state index is 0.167. The first-order chi connectivity index (χ1) is 7.81. The van der Waals surface area contributed by atoms with Crippen molar-refractivity contribution in [1.29, 1.82) is 0 Å². The fourth-order valence-corrected chi connectivity index (χ4v) is 2.23. The molecule has 0 aliphatic heterocycles. The van der Waals surface area contributed by atoms with Crippen LogP contribution in [0, 0.1) is 5.92 Å². The summed E-state index contributed by atoms with van der Waals surface area (Å²) in [6.07, 6.45) is 4.44. The van der Waals surface area contributed by atoms with Gasteiger partial charge in [-0.3, -0.25) is 4.79 Å². The number of carbonyl (C=O) groups excluding carboxylic acids is 1. The zero-order valence-electron chi connectivity index (χ0n) is 9.62. The quantitative estimate of drug-likeness (QED) is 0.819. The number of nitrogens with one attached hydrogen (secondary N) is 2. The minimum Gasteiger partial charge on any atom is -0.386 e. The van der Waals surface area contributed by atoms with Gasteiger partial charge in [0.1, 0.15) is 0 Å². The summed E-state index contributed by atoms with van der Waals surface area (Å²) < 4.78 is 0. The molecule has 0 atom stereocenters. The van der Waals surface area contributed by atoms with Gasteiger partial charge in [0.2, 0.25) is 5.91 Å². The summed E-state index contributed by atoms with van der Waals surface area (Å²) in [6, 6.07) is 7.78. The second-order valence-electron chi connectivity index (χ2n) is 4.27. The Kier molecular flexibility index (Phi) is 3.44. The fourth-order valence-electron chi connectivity index (χ4n) is 2.23. The SMILES string of the molecule is CNc1ccccc1NC(=O)C1CCCC1. The van der Waals surface area contributed by atoms with E-state index in [9.17, 15) is 4.79 Å². The van der Waals surface area contributed by atoms with Crippen LogP contribution in [0.25, 0.3) is 0 Å². The number of para-hydroxylation sites is 2. The molecule has 1 saturated carbocycles. The minimum absolute atomic E-state index is 0.167. The Labute approximate surface area is 96.2 Å². The lowest BCUT2D eigenvalue weighted by Gasteiger charge is -2.13. The van der Waals surface area contributed by atoms with E-state index in [1.807, 2.05) is 31.3 Å². The Morgan fingerprint density at radius 3 is 2.44 bits per heavy atom. The molecule has 3 nitrogen and oxygen atoms in total. The lowest BCUT2D eigenvalue weighted by molar-refractivity contribution is -0.119. The number of rotatable bonds is 3. The van der Waals surface area contributed by atoms with Crippen LogP contribution in [-0.4, -0.2) is 13.0 Å². The highest BCUT2D eigenvalue weighted by molar-refractivity contribution is 5.95. The molecule has 0 unspecified atom stereocenters. The molecule has 2 N–H and O–H groups in total. The summed E-state index contributed by atoms with van der Waals surface area (Å²) in [5.41, 5.74) is 1.84. The first kappa shape index (κ1) is 11.0. The monoisotopic (exact) mass is 218 g/mol. The highest BCUT2D eigenvalue weighted by atomic mass is 16.1. The van der Waals surface area contributed by atoms with Crippen molar-refractivity contribution in [2.45, 2.75) is 25.7 Å².